The average Bonchev–Trinajstić information content (AvgIpc) is 3.24. The molecule has 0 amide bonds. The van der Waals surface area contributed by atoms with Gasteiger partial charge in [0.05, 0.1) is 30.9 Å². The van der Waals surface area contributed by atoms with E-state index in [2.05, 4.69) is 18.2 Å². The van der Waals surface area contributed by atoms with Gasteiger partial charge in [-0.2, -0.15) is 0 Å². The number of aliphatic imine (C=N–C) groups is 1. The van der Waals surface area contributed by atoms with Gasteiger partial charge in [0.1, 0.15) is 0 Å². The molecule has 3 aliphatic rings. The van der Waals surface area contributed by atoms with Crippen LogP contribution in [0.2, 0.25) is 5.02 Å². The highest BCUT2D eigenvalue weighted by Crippen LogP contribution is 2.55. The van der Waals surface area contributed by atoms with Gasteiger partial charge in [-0.1, -0.05) is 59.8 Å². The van der Waals surface area contributed by atoms with Crippen molar-refractivity contribution >= 4 is 34.5 Å². The van der Waals surface area contributed by atoms with Crippen molar-refractivity contribution in [3.05, 3.63) is 70.2 Å². The van der Waals surface area contributed by atoms with Gasteiger partial charge >= 0.3 is 5.97 Å². The van der Waals surface area contributed by atoms with Gasteiger partial charge in [0, 0.05) is 10.6 Å². The van der Waals surface area contributed by atoms with Gasteiger partial charge in [0.25, 0.3) is 0 Å². The second kappa shape index (κ2) is 7.04. The Morgan fingerprint density at radius 2 is 2.07 bits per heavy atom. The SMILES string of the molecule is COC(=O)CC1SC2=N[C@H]3c4ccccc4CC[C@@H]3N2C1(O)c1ccc(Cl)cc1. The number of rotatable bonds is 3. The summed E-state index contributed by atoms with van der Waals surface area (Å²) in [5, 5.41) is 13.1. The normalized spacial score (nSPS) is 29.7. The number of aryl methyl sites for hydroxylation is 1. The molecule has 4 atom stereocenters. The zero-order valence-corrected chi connectivity index (χ0v) is 17.5. The minimum atomic E-state index is -1.35. The number of aliphatic hydroxyl groups is 1. The van der Waals surface area contributed by atoms with E-state index in [4.69, 9.17) is 21.3 Å². The number of halogens is 1. The molecule has 0 spiro atoms. The van der Waals surface area contributed by atoms with E-state index in [1.165, 1.54) is 30.0 Å². The van der Waals surface area contributed by atoms with Crippen LogP contribution in [0.5, 0.6) is 0 Å². The summed E-state index contributed by atoms with van der Waals surface area (Å²) < 4.78 is 4.89. The number of methoxy groups -OCH3 is 1. The molecule has 2 aliphatic heterocycles. The van der Waals surface area contributed by atoms with Gasteiger partial charge in [0.2, 0.25) is 0 Å². The van der Waals surface area contributed by atoms with Gasteiger partial charge < -0.3 is 14.7 Å². The highest BCUT2D eigenvalue weighted by atomic mass is 35.5. The van der Waals surface area contributed by atoms with Crippen molar-refractivity contribution in [1.82, 2.24) is 4.90 Å². The number of benzene rings is 2. The third-order valence-corrected chi connectivity index (χ3v) is 7.69. The van der Waals surface area contributed by atoms with Crippen molar-refractivity contribution < 1.29 is 14.6 Å². The Morgan fingerprint density at radius 3 is 2.83 bits per heavy atom. The third-order valence-electron chi connectivity index (χ3n) is 6.15. The molecule has 150 valence electrons. The van der Waals surface area contributed by atoms with Gasteiger partial charge in [0.15, 0.2) is 10.9 Å². The summed E-state index contributed by atoms with van der Waals surface area (Å²) in [6, 6.07) is 15.7. The van der Waals surface area contributed by atoms with E-state index in [0.717, 1.165) is 18.0 Å². The standard InChI is InChI=1S/C22H21ClN2O3S/c1-28-19(26)12-18-22(27,14-7-9-15(23)10-8-14)25-17-11-6-13-4-2-3-5-16(13)20(17)24-21(25)29-18/h2-5,7-10,17-18,20,27H,6,11-12H2,1H3/t17-,18?,20-,22?/m0/s1. The summed E-state index contributed by atoms with van der Waals surface area (Å²) in [6.45, 7) is 0. The van der Waals surface area contributed by atoms with Crippen LogP contribution in [0.1, 0.15) is 35.6 Å². The predicted octanol–water partition coefficient (Wildman–Crippen LogP) is 3.89. The molecule has 1 N–H and O–H groups in total. The Labute approximate surface area is 178 Å². The fourth-order valence-electron chi connectivity index (χ4n) is 4.76. The van der Waals surface area contributed by atoms with E-state index in [1.807, 2.05) is 23.1 Å². The van der Waals surface area contributed by atoms with E-state index in [9.17, 15) is 9.90 Å². The molecule has 2 heterocycles. The summed E-state index contributed by atoms with van der Waals surface area (Å²) in [4.78, 5) is 19.1. The van der Waals surface area contributed by atoms with Crippen LogP contribution in [0.25, 0.3) is 0 Å². The second-order valence-corrected chi connectivity index (χ2v) is 9.26. The lowest BCUT2D eigenvalue weighted by Crippen LogP contribution is -2.53. The molecular formula is C22H21ClN2O3S. The molecule has 0 radical (unpaired) electrons. The van der Waals surface area contributed by atoms with Crippen molar-refractivity contribution in [2.45, 2.75) is 42.3 Å². The van der Waals surface area contributed by atoms with Crippen LogP contribution in [-0.4, -0.2) is 39.5 Å². The first-order chi connectivity index (χ1) is 14.0. The van der Waals surface area contributed by atoms with Gasteiger partial charge in [-0.15, -0.1) is 0 Å². The first kappa shape index (κ1) is 19.0. The van der Waals surface area contributed by atoms with Crippen molar-refractivity contribution in [3.8, 4) is 0 Å². The number of carbonyl (C=O) groups excluding carboxylic acids is 1. The first-order valence-electron chi connectivity index (χ1n) is 9.69. The van der Waals surface area contributed by atoms with Crippen molar-refractivity contribution in [2.24, 2.45) is 4.99 Å². The maximum atomic E-state index is 12.1. The zero-order valence-electron chi connectivity index (χ0n) is 15.9. The Balaban J connectivity index is 1.59. The first-order valence-corrected chi connectivity index (χ1v) is 10.9. The Morgan fingerprint density at radius 1 is 1.31 bits per heavy atom. The Hall–Kier alpha value is -2.02. The van der Waals surface area contributed by atoms with Gasteiger partial charge in [-0.05, 0) is 36.1 Å². The predicted molar refractivity (Wildman–Crippen MR) is 114 cm³/mol. The lowest BCUT2D eigenvalue weighted by atomic mass is 9.83. The Kier molecular flexibility index (Phi) is 4.61. The minimum Gasteiger partial charge on any atom is -0.469 e. The molecule has 2 aromatic rings. The molecular weight excluding hydrogens is 408 g/mol. The van der Waals surface area contributed by atoms with Crippen molar-refractivity contribution in [1.29, 1.82) is 0 Å². The fraction of sp³-hybridized carbons (Fsp3) is 0.364. The summed E-state index contributed by atoms with van der Waals surface area (Å²) in [5.41, 5.74) is 1.92. The quantitative estimate of drug-likeness (QED) is 0.751. The van der Waals surface area contributed by atoms with Crippen LogP contribution in [0.4, 0.5) is 0 Å². The number of nitrogens with zero attached hydrogens (tertiary/aromatic N) is 2. The monoisotopic (exact) mass is 428 g/mol. The average molecular weight is 429 g/mol. The molecule has 0 bridgehead atoms. The summed E-state index contributed by atoms with van der Waals surface area (Å²) >= 11 is 7.55. The molecule has 1 fully saturated rings. The van der Waals surface area contributed by atoms with Crippen molar-refractivity contribution in [2.75, 3.05) is 7.11 Å². The highest BCUT2D eigenvalue weighted by molar-refractivity contribution is 8.14. The fourth-order valence-corrected chi connectivity index (χ4v) is 6.33. The highest BCUT2D eigenvalue weighted by Gasteiger charge is 2.59. The van der Waals surface area contributed by atoms with Crippen LogP contribution < -0.4 is 0 Å². The molecule has 2 unspecified atom stereocenters. The second-order valence-electron chi connectivity index (χ2n) is 7.65. The molecule has 2 aromatic carbocycles. The lowest BCUT2D eigenvalue weighted by Gasteiger charge is -2.42. The number of fused-ring (bicyclic) bond motifs is 5. The van der Waals surface area contributed by atoms with E-state index >= 15 is 0 Å². The summed E-state index contributed by atoms with van der Waals surface area (Å²) in [5.74, 6) is -0.345. The largest absolute Gasteiger partial charge is 0.469 e. The number of thioether (sulfide) groups is 1. The van der Waals surface area contributed by atoms with Crippen LogP contribution in [-0.2, 0) is 21.7 Å². The third kappa shape index (κ3) is 2.88. The Bertz CT molecular complexity index is 996. The number of hydrogen-bond acceptors (Lipinski definition) is 6. The maximum absolute atomic E-state index is 12.1. The van der Waals surface area contributed by atoms with E-state index in [1.54, 1.807) is 12.1 Å². The summed E-state index contributed by atoms with van der Waals surface area (Å²) in [7, 11) is 1.37. The number of ether oxygens (including phenoxy) is 1. The van der Waals surface area contributed by atoms with Crippen LogP contribution >= 0.6 is 23.4 Å². The summed E-state index contributed by atoms with van der Waals surface area (Å²) in [6.07, 6.45) is 1.94. The molecule has 5 rings (SSSR count). The number of amidine groups is 1. The maximum Gasteiger partial charge on any atom is 0.306 e. The van der Waals surface area contributed by atoms with Crippen LogP contribution in [0.3, 0.4) is 0 Å². The van der Waals surface area contributed by atoms with E-state index in [0.29, 0.717) is 10.6 Å². The number of carbonyl (C=O) groups is 1. The lowest BCUT2D eigenvalue weighted by molar-refractivity contribution is -0.144. The minimum absolute atomic E-state index is 0.000326. The number of esters is 1. The molecule has 5 nitrogen and oxygen atoms in total. The topological polar surface area (TPSA) is 62.1 Å². The molecule has 1 saturated heterocycles. The molecule has 7 heteroatoms. The van der Waals surface area contributed by atoms with E-state index in [-0.39, 0.29) is 24.5 Å². The molecule has 0 saturated carbocycles. The molecule has 0 aromatic heterocycles. The van der Waals surface area contributed by atoms with Crippen LogP contribution in [0.15, 0.2) is 53.5 Å². The number of hydrogen-bond donors (Lipinski definition) is 1. The zero-order chi connectivity index (χ0) is 20.2. The van der Waals surface area contributed by atoms with Crippen LogP contribution in [0, 0.1) is 0 Å². The van der Waals surface area contributed by atoms with Crippen molar-refractivity contribution in [3.63, 3.8) is 0 Å². The van der Waals surface area contributed by atoms with E-state index < -0.39 is 11.0 Å². The smallest absolute Gasteiger partial charge is 0.306 e. The van der Waals surface area contributed by atoms with Gasteiger partial charge in [-0.25, -0.2) is 0 Å². The van der Waals surface area contributed by atoms with Gasteiger partial charge in [-0.3, -0.25) is 9.79 Å². The molecule has 1 aliphatic carbocycles. The molecule has 29 heavy (non-hydrogen) atoms.